The Morgan fingerprint density at radius 3 is 2.42 bits per heavy atom. The molecule has 1 aromatic carbocycles. The topological polar surface area (TPSA) is 67.9 Å². The molecule has 24 heavy (non-hydrogen) atoms. The van der Waals surface area contributed by atoms with E-state index in [1.807, 2.05) is 0 Å². The van der Waals surface area contributed by atoms with E-state index in [1.165, 1.54) is 12.8 Å². The minimum absolute atomic E-state index is 0.0148. The van der Waals surface area contributed by atoms with Crippen LogP contribution in [0.1, 0.15) is 32.1 Å². The van der Waals surface area contributed by atoms with Gasteiger partial charge in [0.25, 0.3) is 0 Å². The predicted molar refractivity (Wildman–Crippen MR) is 90.0 cm³/mol. The lowest BCUT2D eigenvalue weighted by molar-refractivity contribution is 0.199. The van der Waals surface area contributed by atoms with Crippen molar-refractivity contribution in [3.63, 3.8) is 0 Å². The molecule has 0 spiro atoms. The molecular formula is C17H24N2O4S. The Kier molecular flexibility index (Phi) is 4.40. The highest BCUT2D eigenvalue weighted by atomic mass is 32.2. The number of hydrogen-bond donors (Lipinski definition) is 1. The smallest absolute Gasteiger partial charge is 0.240 e. The highest BCUT2D eigenvalue weighted by Gasteiger charge is 2.33. The molecule has 2 fully saturated rings. The van der Waals surface area contributed by atoms with E-state index >= 15 is 0 Å². The Labute approximate surface area is 143 Å². The summed E-state index contributed by atoms with van der Waals surface area (Å²) in [5.41, 5.74) is 0. The lowest BCUT2D eigenvalue weighted by atomic mass is 10.1. The molecule has 1 aromatic rings. The summed E-state index contributed by atoms with van der Waals surface area (Å²) in [7, 11) is -3.53. The van der Waals surface area contributed by atoms with Gasteiger partial charge in [-0.25, -0.2) is 13.1 Å². The van der Waals surface area contributed by atoms with Gasteiger partial charge in [-0.2, -0.15) is 0 Å². The average Bonchev–Trinajstić information content (AvgIpc) is 3.41. The first-order valence-corrected chi connectivity index (χ1v) is 10.3. The maximum absolute atomic E-state index is 12.7. The Balaban J connectivity index is 1.43. The molecule has 1 aliphatic carbocycles. The van der Waals surface area contributed by atoms with E-state index in [0.717, 1.165) is 38.4 Å². The van der Waals surface area contributed by atoms with Gasteiger partial charge >= 0.3 is 0 Å². The maximum atomic E-state index is 12.7. The van der Waals surface area contributed by atoms with Gasteiger partial charge in [0.2, 0.25) is 10.0 Å². The molecule has 0 bridgehead atoms. The SMILES string of the molecule is O=S(=O)(NC1CCN(C2CC2)CC1)c1ccc2c(c1)OCCCO2. The third-order valence-corrected chi connectivity index (χ3v) is 6.46. The van der Waals surface area contributed by atoms with E-state index in [4.69, 9.17) is 9.47 Å². The molecule has 1 saturated carbocycles. The van der Waals surface area contributed by atoms with Gasteiger partial charge in [-0.1, -0.05) is 0 Å². The summed E-state index contributed by atoms with van der Waals surface area (Å²) < 4.78 is 39.4. The molecule has 2 heterocycles. The van der Waals surface area contributed by atoms with Crippen LogP contribution in [0.5, 0.6) is 11.5 Å². The molecule has 132 valence electrons. The predicted octanol–water partition coefficient (Wildman–Crippen LogP) is 1.75. The van der Waals surface area contributed by atoms with Crippen LogP contribution in [-0.2, 0) is 10.0 Å². The quantitative estimate of drug-likeness (QED) is 0.894. The summed E-state index contributed by atoms with van der Waals surface area (Å²) in [6.07, 6.45) is 5.15. The van der Waals surface area contributed by atoms with Crippen molar-refractivity contribution in [2.24, 2.45) is 0 Å². The fourth-order valence-corrected chi connectivity index (χ4v) is 4.74. The third kappa shape index (κ3) is 3.53. The second kappa shape index (κ2) is 6.54. The molecule has 6 nitrogen and oxygen atoms in total. The van der Waals surface area contributed by atoms with Gasteiger partial charge < -0.3 is 14.4 Å². The summed E-state index contributed by atoms with van der Waals surface area (Å²) in [6.45, 7) is 3.11. The van der Waals surface area contributed by atoms with Crippen LogP contribution in [0.3, 0.4) is 0 Å². The van der Waals surface area contributed by atoms with Crippen molar-refractivity contribution >= 4 is 10.0 Å². The third-order valence-electron chi connectivity index (χ3n) is 4.94. The minimum Gasteiger partial charge on any atom is -0.490 e. The molecular weight excluding hydrogens is 328 g/mol. The van der Waals surface area contributed by atoms with Crippen LogP contribution < -0.4 is 14.2 Å². The lowest BCUT2D eigenvalue weighted by Gasteiger charge is -2.32. The van der Waals surface area contributed by atoms with Crippen molar-refractivity contribution in [1.29, 1.82) is 0 Å². The average molecular weight is 352 g/mol. The van der Waals surface area contributed by atoms with E-state index in [0.29, 0.717) is 24.7 Å². The number of sulfonamides is 1. The Morgan fingerprint density at radius 1 is 1.00 bits per heavy atom. The molecule has 0 atom stereocenters. The number of fused-ring (bicyclic) bond motifs is 1. The van der Waals surface area contributed by atoms with Crippen LogP contribution in [0.4, 0.5) is 0 Å². The standard InChI is InChI=1S/C17H24N2O4S/c20-24(21,18-13-6-8-19(9-7-13)14-2-3-14)15-4-5-16-17(12-15)23-11-1-10-22-16/h4-5,12-14,18H,1-3,6-11H2. The van der Waals surface area contributed by atoms with E-state index in [-0.39, 0.29) is 10.9 Å². The van der Waals surface area contributed by atoms with Crippen molar-refractivity contribution in [2.45, 2.75) is 49.1 Å². The molecule has 0 aromatic heterocycles. The molecule has 1 saturated heterocycles. The molecule has 0 amide bonds. The van der Waals surface area contributed by atoms with E-state index < -0.39 is 10.0 Å². The Hall–Kier alpha value is -1.31. The van der Waals surface area contributed by atoms with Crippen molar-refractivity contribution in [1.82, 2.24) is 9.62 Å². The van der Waals surface area contributed by atoms with Crippen molar-refractivity contribution < 1.29 is 17.9 Å². The summed E-state index contributed by atoms with van der Waals surface area (Å²) in [6, 6.07) is 5.62. The van der Waals surface area contributed by atoms with Crippen LogP contribution in [0.2, 0.25) is 0 Å². The van der Waals surface area contributed by atoms with Gasteiger partial charge in [-0.3, -0.25) is 0 Å². The number of piperidine rings is 1. The van der Waals surface area contributed by atoms with Crippen LogP contribution in [0.25, 0.3) is 0 Å². The summed E-state index contributed by atoms with van der Waals surface area (Å²) in [5, 5.41) is 0. The molecule has 0 radical (unpaired) electrons. The zero-order valence-electron chi connectivity index (χ0n) is 13.7. The van der Waals surface area contributed by atoms with Crippen LogP contribution in [0, 0.1) is 0 Å². The number of likely N-dealkylation sites (tertiary alicyclic amines) is 1. The van der Waals surface area contributed by atoms with E-state index in [9.17, 15) is 8.42 Å². The number of benzene rings is 1. The summed E-state index contributed by atoms with van der Waals surface area (Å²) in [5.74, 6) is 1.13. The normalized spacial score (nSPS) is 23.0. The lowest BCUT2D eigenvalue weighted by Crippen LogP contribution is -2.45. The highest BCUT2D eigenvalue weighted by molar-refractivity contribution is 7.89. The second-order valence-corrected chi connectivity index (χ2v) is 8.54. The number of nitrogens with zero attached hydrogens (tertiary/aromatic N) is 1. The number of ether oxygens (including phenoxy) is 2. The molecule has 3 aliphatic rings. The fourth-order valence-electron chi connectivity index (χ4n) is 3.42. The van der Waals surface area contributed by atoms with Crippen LogP contribution in [-0.4, -0.2) is 51.7 Å². The zero-order valence-corrected chi connectivity index (χ0v) is 14.6. The van der Waals surface area contributed by atoms with Crippen LogP contribution in [0.15, 0.2) is 23.1 Å². The van der Waals surface area contributed by atoms with E-state index in [1.54, 1.807) is 18.2 Å². The van der Waals surface area contributed by atoms with Gasteiger partial charge in [-0.05, 0) is 50.9 Å². The van der Waals surface area contributed by atoms with Crippen molar-refractivity contribution in [3.8, 4) is 11.5 Å². The zero-order chi connectivity index (χ0) is 16.6. The molecule has 7 heteroatoms. The number of rotatable bonds is 4. The molecule has 1 N–H and O–H groups in total. The van der Waals surface area contributed by atoms with Gasteiger partial charge in [0.15, 0.2) is 11.5 Å². The number of hydrogen-bond acceptors (Lipinski definition) is 5. The first-order chi connectivity index (χ1) is 11.6. The Morgan fingerprint density at radius 2 is 1.71 bits per heavy atom. The van der Waals surface area contributed by atoms with Gasteiger partial charge in [0.1, 0.15) is 0 Å². The Bertz CT molecular complexity index is 695. The van der Waals surface area contributed by atoms with Gasteiger partial charge in [0.05, 0.1) is 18.1 Å². The highest BCUT2D eigenvalue weighted by Crippen LogP contribution is 2.32. The van der Waals surface area contributed by atoms with E-state index in [2.05, 4.69) is 9.62 Å². The number of nitrogens with one attached hydrogen (secondary N) is 1. The first-order valence-electron chi connectivity index (χ1n) is 8.78. The first kappa shape index (κ1) is 16.2. The molecule has 0 unspecified atom stereocenters. The minimum atomic E-state index is -3.53. The molecule has 4 rings (SSSR count). The largest absolute Gasteiger partial charge is 0.490 e. The summed E-state index contributed by atoms with van der Waals surface area (Å²) in [4.78, 5) is 2.73. The fraction of sp³-hybridized carbons (Fsp3) is 0.647. The van der Waals surface area contributed by atoms with Crippen molar-refractivity contribution in [2.75, 3.05) is 26.3 Å². The van der Waals surface area contributed by atoms with Crippen molar-refractivity contribution in [3.05, 3.63) is 18.2 Å². The summed E-state index contributed by atoms with van der Waals surface area (Å²) >= 11 is 0. The second-order valence-electron chi connectivity index (χ2n) is 6.82. The van der Waals surface area contributed by atoms with Crippen LogP contribution >= 0.6 is 0 Å². The monoisotopic (exact) mass is 352 g/mol. The molecule has 2 aliphatic heterocycles. The van der Waals surface area contributed by atoms with Gasteiger partial charge in [-0.15, -0.1) is 0 Å². The maximum Gasteiger partial charge on any atom is 0.240 e. The van der Waals surface area contributed by atoms with Gasteiger partial charge in [0, 0.05) is 24.6 Å².